The van der Waals surface area contributed by atoms with Gasteiger partial charge in [0.25, 0.3) is 5.91 Å². The van der Waals surface area contributed by atoms with E-state index in [9.17, 15) is 9.59 Å². The fourth-order valence-electron chi connectivity index (χ4n) is 3.36. The van der Waals surface area contributed by atoms with Crippen LogP contribution in [0.1, 0.15) is 31.8 Å². The molecule has 0 spiro atoms. The molecule has 0 heterocycles. The molecule has 0 fully saturated rings. The second-order valence-electron chi connectivity index (χ2n) is 8.18. The number of esters is 1. The largest absolute Gasteiger partial charge is 0.493 e. The van der Waals surface area contributed by atoms with E-state index in [2.05, 4.69) is 10.5 Å². The SMILES string of the molecule is COc1cc(/C=N/NC(=O)c2ccc(OCc3ccc(Cl)cc3Cl)cc2)ccc1OC(=O)c1ccc(Cl)c(Cl)c1. The molecule has 40 heavy (non-hydrogen) atoms. The van der Waals surface area contributed by atoms with Crippen LogP contribution in [0, 0.1) is 0 Å². The van der Waals surface area contributed by atoms with Crippen LogP contribution in [0.3, 0.4) is 0 Å². The number of methoxy groups -OCH3 is 1. The summed E-state index contributed by atoms with van der Waals surface area (Å²) < 4.78 is 16.5. The van der Waals surface area contributed by atoms with Gasteiger partial charge in [-0.25, -0.2) is 10.2 Å². The van der Waals surface area contributed by atoms with E-state index in [4.69, 9.17) is 60.6 Å². The third-order valence-electron chi connectivity index (χ3n) is 5.45. The summed E-state index contributed by atoms with van der Waals surface area (Å²) in [5, 5.41) is 5.61. The highest BCUT2D eigenvalue weighted by atomic mass is 35.5. The minimum absolute atomic E-state index is 0.195. The molecule has 4 aromatic rings. The van der Waals surface area contributed by atoms with Crippen LogP contribution in [0.4, 0.5) is 0 Å². The standard InChI is InChI=1S/C29H20Cl4N2O5/c1-38-27-12-17(2-11-26(27)40-29(37)19-6-10-23(31)25(33)13-19)15-34-35-28(36)18-4-8-22(9-5-18)39-16-20-3-7-21(30)14-24(20)32/h2-15H,16H2,1H3,(H,35,36)/b34-15+. The van der Waals surface area contributed by atoms with Crippen LogP contribution in [0.25, 0.3) is 0 Å². The average Bonchev–Trinajstić information content (AvgIpc) is 2.95. The molecule has 0 aliphatic carbocycles. The molecule has 0 unspecified atom stereocenters. The molecule has 0 saturated carbocycles. The summed E-state index contributed by atoms with van der Waals surface area (Å²) in [4.78, 5) is 25.0. The molecule has 1 amide bonds. The number of rotatable bonds is 9. The van der Waals surface area contributed by atoms with E-state index in [-0.39, 0.29) is 22.9 Å². The molecule has 0 radical (unpaired) electrons. The fraction of sp³-hybridized carbons (Fsp3) is 0.0690. The summed E-state index contributed by atoms with van der Waals surface area (Å²) in [6.45, 7) is 0.253. The Kier molecular flexibility index (Phi) is 9.90. The van der Waals surface area contributed by atoms with Crippen LogP contribution in [-0.4, -0.2) is 25.2 Å². The van der Waals surface area contributed by atoms with Crippen LogP contribution in [0.5, 0.6) is 17.2 Å². The van der Waals surface area contributed by atoms with Crippen LogP contribution >= 0.6 is 46.4 Å². The third kappa shape index (κ3) is 7.67. The first-order chi connectivity index (χ1) is 19.2. The summed E-state index contributed by atoms with van der Waals surface area (Å²) >= 11 is 24.0. The van der Waals surface area contributed by atoms with Crippen LogP contribution < -0.4 is 19.6 Å². The van der Waals surface area contributed by atoms with Crippen molar-refractivity contribution in [3.63, 3.8) is 0 Å². The molecule has 4 aromatic carbocycles. The lowest BCUT2D eigenvalue weighted by atomic mass is 10.2. The summed E-state index contributed by atoms with van der Waals surface area (Å²) in [7, 11) is 1.44. The first kappa shape index (κ1) is 29.2. The first-order valence-electron chi connectivity index (χ1n) is 11.6. The van der Waals surface area contributed by atoms with Crippen LogP contribution in [0.2, 0.25) is 20.1 Å². The number of halogens is 4. The van der Waals surface area contributed by atoms with Gasteiger partial charge >= 0.3 is 5.97 Å². The number of hydrogen-bond acceptors (Lipinski definition) is 6. The van der Waals surface area contributed by atoms with E-state index in [0.29, 0.717) is 37.7 Å². The van der Waals surface area contributed by atoms with Gasteiger partial charge in [-0.2, -0.15) is 5.10 Å². The van der Waals surface area contributed by atoms with Crippen molar-refractivity contribution < 1.29 is 23.8 Å². The number of hydrazone groups is 1. The highest BCUT2D eigenvalue weighted by Crippen LogP contribution is 2.29. The summed E-state index contributed by atoms with van der Waals surface area (Å²) in [6, 6.07) is 21.0. The molecule has 0 aliphatic heterocycles. The van der Waals surface area contributed by atoms with Crippen molar-refractivity contribution in [3.8, 4) is 17.2 Å². The summed E-state index contributed by atoms with van der Waals surface area (Å²) in [5.74, 6) is 0.0103. The number of hydrogen-bond donors (Lipinski definition) is 1. The van der Waals surface area contributed by atoms with Gasteiger partial charge in [-0.05, 0) is 78.4 Å². The average molecular weight is 618 g/mol. The molecule has 4 rings (SSSR count). The molecule has 0 atom stereocenters. The van der Waals surface area contributed by atoms with Gasteiger partial charge in [-0.15, -0.1) is 0 Å². The Morgan fingerprint density at radius 2 is 1.55 bits per heavy atom. The molecular weight excluding hydrogens is 598 g/mol. The lowest BCUT2D eigenvalue weighted by Crippen LogP contribution is -2.17. The predicted octanol–water partition coefficient (Wildman–Crippen LogP) is 7.87. The monoisotopic (exact) mass is 616 g/mol. The maximum absolute atomic E-state index is 12.5. The molecule has 0 bridgehead atoms. The minimum atomic E-state index is -0.629. The number of benzene rings is 4. The van der Waals surface area contributed by atoms with E-state index in [1.807, 2.05) is 0 Å². The van der Waals surface area contributed by atoms with E-state index >= 15 is 0 Å². The number of carbonyl (C=O) groups excluding carboxylic acids is 2. The van der Waals surface area contributed by atoms with Gasteiger partial charge in [0.05, 0.1) is 28.9 Å². The zero-order chi connectivity index (χ0) is 28.6. The van der Waals surface area contributed by atoms with Crippen molar-refractivity contribution in [3.05, 3.63) is 121 Å². The maximum Gasteiger partial charge on any atom is 0.343 e. The summed E-state index contributed by atoms with van der Waals surface area (Å²) in [6.07, 6.45) is 1.43. The van der Waals surface area contributed by atoms with Crippen molar-refractivity contribution in [2.24, 2.45) is 5.10 Å². The topological polar surface area (TPSA) is 86.2 Å². The van der Waals surface area contributed by atoms with Gasteiger partial charge in [-0.3, -0.25) is 4.79 Å². The van der Waals surface area contributed by atoms with E-state index in [0.717, 1.165) is 5.56 Å². The molecule has 7 nitrogen and oxygen atoms in total. The fourth-order valence-corrected chi connectivity index (χ4v) is 4.12. The smallest absolute Gasteiger partial charge is 0.343 e. The highest BCUT2D eigenvalue weighted by molar-refractivity contribution is 6.42. The van der Waals surface area contributed by atoms with Crippen LogP contribution in [0.15, 0.2) is 84.0 Å². The van der Waals surface area contributed by atoms with Crippen molar-refractivity contribution in [2.45, 2.75) is 6.61 Å². The Bertz CT molecular complexity index is 1580. The van der Waals surface area contributed by atoms with Crippen molar-refractivity contribution in [1.82, 2.24) is 5.43 Å². The van der Waals surface area contributed by atoms with Crippen molar-refractivity contribution in [2.75, 3.05) is 7.11 Å². The molecule has 11 heteroatoms. The third-order valence-corrected chi connectivity index (χ3v) is 6.78. The lowest BCUT2D eigenvalue weighted by molar-refractivity contribution is 0.0729. The van der Waals surface area contributed by atoms with Gasteiger partial charge < -0.3 is 14.2 Å². The molecule has 204 valence electrons. The van der Waals surface area contributed by atoms with E-state index < -0.39 is 11.9 Å². The number of amides is 1. The quantitative estimate of drug-likeness (QED) is 0.0894. The Morgan fingerprint density at radius 3 is 2.25 bits per heavy atom. The van der Waals surface area contributed by atoms with Gasteiger partial charge in [0, 0.05) is 21.2 Å². The minimum Gasteiger partial charge on any atom is -0.493 e. The van der Waals surface area contributed by atoms with Gasteiger partial charge in [0.2, 0.25) is 0 Å². The van der Waals surface area contributed by atoms with Crippen molar-refractivity contribution >= 4 is 64.5 Å². The number of ether oxygens (including phenoxy) is 3. The Morgan fingerprint density at radius 1 is 0.800 bits per heavy atom. The first-order valence-corrected chi connectivity index (χ1v) is 13.1. The van der Waals surface area contributed by atoms with Gasteiger partial charge in [-0.1, -0.05) is 52.5 Å². The van der Waals surface area contributed by atoms with Gasteiger partial charge in [0.1, 0.15) is 12.4 Å². The molecule has 1 N–H and O–H groups in total. The normalized spacial score (nSPS) is 10.8. The number of nitrogens with zero attached hydrogens (tertiary/aromatic N) is 1. The number of carbonyl (C=O) groups is 2. The Hall–Kier alpha value is -3.75. The Balaban J connectivity index is 1.33. The highest BCUT2D eigenvalue weighted by Gasteiger charge is 2.14. The number of nitrogens with one attached hydrogen (secondary N) is 1. The molecular formula is C29H20Cl4N2O5. The second kappa shape index (κ2) is 13.5. The van der Waals surface area contributed by atoms with Crippen molar-refractivity contribution in [1.29, 1.82) is 0 Å². The lowest BCUT2D eigenvalue weighted by Gasteiger charge is -2.10. The predicted molar refractivity (Wildman–Crippen MR) is 157 cm³/mol. The van der Waals surface area contributed by atoms with E-state index in [1.54, 1.807) is 60.7 Å². The van der Waals surface area contributed by atoms with Crippen LogP contribution in [-0.2, 0) is 6.61 Å². The maximum atomic E-state index is 12.5. The molecule has 0 aromatic heterocycles. The Labute approximate surface area is 250 Å². The molecule has 0 saturated heterocycles. The molecule has 0 aliphatic rings. The van der Waals surface area contributed by atoms with E-state index in [1.165, 1.54) is 31.5 Å². The zero-order valence-corrected chi connectivity index (χ0v) is 23.8. The zero-order valence-electron chi connectivity index (χ0n) is 20.8. The summed E-state index contributed by atoms with van der Waals surface area (Å²) in [5.41, 5.74) is 4.46. The van der Waals surface area contributed by atoms with Gasteiger partial charge in [0.15, 0.2) is 11.5 Å². The second-order valence-corrected chi connectivity index (χ2v) is 9.83.